The molecule has 14 heavy (non-hydrogen) atoms. The average molecular weight is 195 g/mol. The molecular weight excluding hydrogens is 177 g/mol. The van der Waals surface area contributed by atoms with Crippen LogP contribution in [-0.2, 0) is 0 Å². The van der Waals surface area contributed by atoms with Gasteiger partial charge in [0.1, 0.15) is 5.82 Å². The van der Waals surface area contributed by atoms with Crippen molar-refractivity contribution in [1.29, 1.82) is 0 Å². The Morgan fingerprint density at radius 3 is 2.71 bits per heavy atom. The number of halogens is 1. The van der Waals surface area contributed by atoms with Crippen molar-refractivity contribution in [3.05, 3.63) is 35.1 Å². The maximum atomic E-state index is 13.0. The van der Waals surface area contributed by atoms with Crippen molar-refractivity contribution >= 4 is 0 Å². The molecule has 1 aromatic carbocycles. The molecule has 2 heteroatoms. The summed E-state index contributed by atoms with van der Waals surface area (Å²) in [5, 5.41) is 0. The molecule has 0 bridgehead atoms. The molecule has 0 amide bonds. The third-order valence-electron chi connectivity index (χ3n) is 2.48. The van der Waals surface area contributed by atoms with Crippen LogP contribution in [0.5, 0.6) is 0 Å². The summed E-state index contributed by atoms with van der Waals surface area (Å²) in [7, 11) is 0. The molecule has 0 spiro atoms. The Morgan fingerprint density at radius 2 is 2.14 bits per heavy atom. The highest BCUT2D eigenvalue weighted by Crippen LogP contribution is 2.19. The van der Waals surface area contributed by atoms with E-state index in [1.54, 1.807) is 13.0 Å². The van der Waals surface area contributed by atoms with Gasteiger partial charge in [-0.3, -0.25) is 0 Å². The van der Waals surface area contributed by atoms with E-state index in [1.807, 2.05) is 6.07 Å². The fourth-order valence-electron chi connectivity index (χ4n) is 1.49. The second-order valence-electron chi connectivity index (χ2n) is 3.76. The predicted molar refractivity (Wildman–Crippen MR) is 57.6 cm³/mol. The van der Waals surface area contributed by atoms with Gasteiger partial charge in [-0.25, -0.2) is 4.39 Å². The van der Waals surface area contributed by atoms with E-state index < -0.39 is 0 Å². The van der Waals surface area contributed by atoms with Gasteiger partial charge in [-0.2, -0.15) is 0 Å². The van der Waals surface area contributed by atoms with E-state index in [4.69, 9.17) is 5.73 Å². The Bertz CT molecular complexity index is 296. The summed E-state index contributed by atoms with van der Waals surface area (Å²) < 4.78 is 13.0. The number of hydrogen-bond donors (Lipinski definition) is 1. The number of nitrogens with two attached hydrogens (primary N) is 1. The van der Waals surface area contributed by atoms with Crippen molar-refractivity contribution < 1.29 is 4.39 Å². The smallest absolute Gasteiger partial charge is 0.126 e. The van der Waals surface area contributed by atoms with Crippen LogP contribution in [0.1, 0.15) is 43.4 Å². The van der Waals surface area contributed by atoms with E-state index in [2.05, 4.69) is 6.92 Å². The highest BCUT2D eigenvalue weighted by molar-refractivity contribution is 5.26. The SMILES string of the molecule is CCCC[C@@H](N)c1ccc(F)c(C)c1. The first-order chi connectivity index (χ1) is 6.65. The van der Waals surface area contributed by atoms with Gasteiger partial charge in [-0.05, 0) is 30.5 Å². The van der Waals surface area contributed by atoms with Crippen LogP contribution in [0.15, 0.2) is 18.2 Å². The van der Waals surface area contributed by atoms with Gasteiger partial charge in [-0.1, -0.05) is 31.9 Å². The lowest BCUT2D eigenvalue weighted by Gasteiger charge is -2.12. The molecule has 1 aromatic rings. The van der Waals surface area contributed by atoms with Gasteiger partial charge in [0.25, 0.3) is 0 Å². The van der Waals surface area contributed by atoms with Crippen LogP contribution < -0.4 is 5.73 Å². The van der Waals surface area contributed by atoms with Crippen LogP contribution >= 0.6 is 0 Å². The van der Waals surface area contributed by atoms with Gasteiger partial charge in [-0.15, -0.1) is 0 Å². The highest BCUT2D eigenvalue weighted by Gasteiger charge is 2.06. The van der Waals surface area contributed by atoms with Crippen molar-refractivity contribution in [2.24, 2.45) is 5.73 Å². The first-order valence-corrected chi connectivity index (χ1v) is 5.16. The van der Waals surface area contributed by atoms with E-state index in [0.29, 0.717) is 5.56 Å². The maximum absolute atomic E-state index is 13.0. The van der Waals surface area contributed by atoms with Crippen molar-refractivity contribution in [3.63, 3.8) is 0 Å². The zero-order chi connectivity index (χ0) is 10.6. The van der Waals surface area contributed by atoms with Crippen LogP contribution in [0.4, 0.5) is 4.39 Å². The number of benzene rings is 1. The van der Waals surface area contributed by atoms with Gasteiger partial charge in [0, 0.05) is 6.04 Å². The molecule has 2 N–H and O–H groups in total. The van der Waals surface area contributed by atoms with Gasteiger partial charge in [0.15, 0.2) is 0 Å². The topological polar surface area (TPSA) is 26.0 Å². The largest absolute Gasteiger partial charge is 0.324 e. The zero-order valence-electron chi connectivity index (χ0n) is 8.89. The number of unbranched alkanes of at least 4 members (excludes halogenated alkanes) is 1. The Labute approximate surface area is 85.1 Å². The van der Waals surface area contributed by atoms with Crippen LogP contribution in [0.3, 0.4) is 0 Å². The molecular formula is C12H18FN. The molecule has 0 aliphatic rings. The second kappa shape index (κ2) is 5.11. The summed E-state index contributed by atoms with van der Waals surface area (Å²) in [5.41, 5.74) is 7.69. The molecule has 78 valence electrons. The maximum Gasteiger partial charge on any atom is 0.126 e. The summed E-state index contributed by atoms with van der Waals surface area (Å²) in [6.07, 6.45) is 3.24. The number of rotatable bonds is 4. The van der Waals surface area contributed by atoms with Gasteiger partial charge >= 0.3 is 0 Å². The summed E-state index contributed by atoms with van der Waals surface area (Å²) in [4.78, 5) is 0. The predicted octanol–water partition coefficient (Wildman–Crippen LogP) is 3.32. The number of hydrogen-bond acceptors (Lipinski definition) is 1. The molecule has 1 nitrogen and oxygen atoms in total. The monoisotopic (exact) mass is 195 g/mol. The van der Waals surface area contributed by atoms with E-state index in [-0.39, 0.29) is 11.9 Å². The Morgan fingerprint density at radius 1 is 1.43 bits per heavy atom. The summed E-state index contributed by atoms with van der Waals surface area (Å²) in [6, 6.07) is 5.17. The van der Waals surface area contributed by atoms with Crippen molar-refractivity contribution in [1.82, 2.24) is 0 Å². The summed E-state index contributed by atoms with van der Waals surface area (Å²) in [5.74, 6) is -0.156. The van der Waals surface area contributed by atoms with Crippen LogP contribution in [0.2, 0.25) is 0 Å². The molecule has 0 fully saturated rings. The van der Waals surface area contributed by atoms with E-state index in [1.165, 1.54) is 6.07 Å². The molecule has 0 aromatic heterocycles. The van der Waals surface area contributed by atoms with Crippen LogP contribution in [-0.4, -0.2) is 0 Å². The molecule has 0 radical (unpaired) electrons. The van der Waals surface area contributed by atoms with Crippen molar-refractivity contribution in [2.75, 3.05) is 0 Å². The van der Waals surface area contributed by atoms with Crippen LogP contribution in [0, 0.1) is 12.7 Å². The Balaban J connectivity index is 2.70. The molecule has 0 aliphatic carbocycles. The van der Waals surface area contributed by atoms with E-state index in [0.717, 1.165) is 24.8 Å². The Kier molecular flexibility index (Phi) is 4.08. The van der Waals surface area contributed by atoms with Crippen LogP contribution in [0.25, 0.3) is 0 Å². The highest BCUT2D eigenvalue weighted by atomic mass is 19.1. The summed E-state index contributed by atoms with van der Waals surface area (Å²) >= 11 is 0. The quantitative estimate of drug-likeness (QED) is 0.783. The Hall–Kier alpha value is -0.890. The first-order valence-electron chi connectivity index (χ1n) is 5.16. The molecule has 1 rings (SSSR count). The minimum atomic E-state index is -0.156. The van der Waals surface area contributed by atoms with E-state index >= 15 is 0 Å². The first kappa shape index (κ1) is 11.2. The fraction of sp³-hybridized carbons (Fsp3) is 0.500. The molecule has 0 saturated heterocycles. The third-order valence-corrected chi connectivity index (χ3v) is 2.48. The average Bonchev–Trinajstić information content (AvgIpc) is 2.18. The normalized spacial score (nSPS) is 12.9. The standard InChI is InChI=1S/C12H18FN/c1-3-4-5-12(14)10-6-7-11(13)9(2)8-10/h6-8,12H,3-5,14H2,1-2H3/t12-/m1/s1. The van der Waals surface area contributed by atoms with Gasteiger partial charge < -0.3 is 5.73 Å². The fourth-order valence-corrected chi connectivity index (χ4v) is 1.49. The molecule has 0 heterocycles. The lowest BCUT2D eigenvalue weighted by molar-refractivity contribution is 0.593. The molecule has 0 unspecified atom stereocenters. The minimum Gasteiger partial charge on any atom is -0.324 e. The second-order valence-corrected chi connectivity index (χ2v) is 3.76. The van der Waals surface area contributed by atoms with Gasteiger partial charge in [0.05, 0.1) is 0 Å². The van der Waals surface area contributed by atoms with E-state index in [9.17, 15) is 4.39 Å². The lowest BCUT2D eigenvalue weighted by atomic mass is 10.0. The molecule has 0 saturated carbocycles. The zero-order valence-corrected chi connectivity index (χ0v) is 8.89. The summed E-state index contributed by atoms with van der Waals surface area (Å²) in [6.45, 7) is 3.91. The van der Waals surface area contributed by atoms with Crippen molar-refractivity contribution in [3.8, 4) is 0 Å². The third kappa shape index (κ3) is 2.81. The minimum absolute atomic E-state index is 0.0502. The lowest BCUT2D eigenvalue weighted by Crippen LogP contribution is -2.10. The van der Waals surface area contributed by atoms with Gasteiger partial charge in [0.2, 0.25) is 0 Å². The van der Waals surface area contributed by atoms with Crippen molar-refractivity contribution in [2.45, 2.75) is 39.2 Å². The molecule has 0 aliphatic heterocycles. The number of aryl methyl sites for hydroxylation is 1. The molecule has 1 atom stereocenters.